The number of hydrogen-bond donors (Lipinski definition) is 1. The molecule has 1 aromatic carbocycles. The van der Waals surface area contributed by atoms with Crippen molar-refractivity contribution in [1.82, 2.24) is 0 Å². The van der Waals surface area contributed by atoms with E-state index >= 15 is 0 Å². The third kappa shape index (κ3) is 3.20. The van der Waals surface area contributed by atoms with Crippen LogP contribution in [0.2, 0.25) is 5.02 Å². The maximum Gasteiger partial charge on any atom is 0.165 e. The van der Waals surface area contributed by atoms with Crippen LogP contribution in [0.5, 0.6) is 0 Å². The number of alkyl halides is 1. The van der Waals surface area contributed by atoms with Gasteiger partial charge in [-0.25, -0.2) is 8.42 Å². The summed E-state index contributed by atoms with van der Waals surface area (Å²) < 4.78 is 22.1. The first-order valence-corrected chi connectivity index (χ1v) is 7.68. The van der Waals surface area contributed by atoms with Crippen LogP contribution >= 0.6 is 27.5 Å². The van der Waals surface area contributed by atoms with Crippen LogP contribution in [-0.4, -0.2) is 23.4 Å². The van der Waals surface area contributed by atoms with Crippen molar-refractivity contribution in [2.45, 2.75) is 17.2 Å². The summed E-state index contributed by atoms with van der Waals surface area (Å²) in [6, 6.07) is 6.51. The average molecular weight is 328 g/mol. The van der Waals surface area contributed by atoms with Gasteiger partial charge in [0.15, 0.2) is 9.84 Å². The quantitative estimate of drug-likeness (QED) is 0.865. The molecule has 90 valence electrons. The molecule has 0 aromatic heterocycles. The fourth-order valence-electron chi connectivity index (χ4n) is 1.20. The fourth-order valence-corrected chi connectivity index (χ4v) is 3.36. The molecule has 0 aliphatic rings. The van der Waals surface area contributed by atoms with Crippen LogP contribution in [0, 0.1) is 0 Å². The number of halogens is 2. The highest BCUT2D eigenvalue weighted by Crippen LogP contribution is 2.28. The van der Waals surface area contributed by atoms with E-state index in [1.807, 2.05) is 0 Å². The molecule has 0 aliphatic heterocycles. The summed E-state index contributed by atoms with van der Waals surface area (Å²) in [6.07, 6.45) is -1.12. The highest BCUT2D eigenvalue weighted by Gasteiger charge is 2.29. The van der Waals surface area contributed by atoms with E-state index in [1.165, 1.54) is 6.92 Å². The summed E-state index contributed by atoms with van der Waals surface area (Å²) in [5.41, 5.74) is 0.478. The molecule has 0 unspecified atom stereocenters. The van der Waals surface area contributed by atoms with Gasteiger partial charge in [0.1, 0.15) is 10.3 Å². The zero-order chi connectivity index (χ0) is 12.3. The van der Waals surface area contributed by atoms with Gasteiger partial charge in [0.25, 0.3) is 0 Å². The molecule has 0 radical (unpaired) electrons. The molecule has 1 aromatic rings. The normalized spacial score (nSPS) is 15.8. The van der Waals surface area contributed by atoms with Gasteiger partial charge in [0.05, 0.1) is 0 Å². The van der Waals surface area contributed by atoms with Crippen molar-refractivity contribution in [2.24, 2.45) is 0 Å². The Hall–Kier alpha value is -0.100. The molecule has 3 nitrogen and oxygen atoms in total. The molecule has 0 fully saturated rings. The molecule has 0 saturated heterocycles. The minimum absolute atomic E-state index is 0.0272. The number of rotatable bonds is 4. The average Bonchev–Trinajstić information content (AvgIpc) is 2.27. The van der Waals surface area contributed by atoms with E-state index in [0.29, 0.717) is 10.6 Å². The molecular weight excluding hydrogens is 316 g/mol. The number of hydrogen-bond acceptors (Lipinski definition) is 3. The zero-order valence-corrected chi connectivity index (χ0v) is 11.8. The lowest BCUT2D eigenvalue weighted by atomic mass is 10.1. The molecule has 0 bridgehead atoms. The minimum Gasteiger partial charge on any atom is -0.386 e. The maximum atomic E-state index is 11.6. The van der Waals surface area contributed by atoms with Crippen LogP contribution in [0.3, 0.4) is 0 Å². The molecule has 1 N–H and O–H groups in total. The summed E-state index contributed by atoms with van der Waals surface area (Å²) in [5.74, 6) is -0.0272. The van der Waals surface area contributed by atoms with Crippen LogP contribution in [0.15, 0.2) is 24.3 Å². The molecule has 2 atom stereocenters. The van der Waals surface area contributed by atoms with Crippen LogP contribution < -0.4 is 0 Å². The molecule has 0 spiro atoms. The SMILES string of the molecule is CCS(=O)(=O)[C@H](Br)[C@@H](O)c1cccc(Cl)c1. The summed E-state index contributed by atoms with van der Waals surface area (Å²) in [4.78, 5) is 0. The summed E-state index contributed by atoms with van der Waals surface area (Å²) >= 11 is 8.77. The first kappa shape index (κ1) is 14.0. The Kier molecular flexibility index (Phi) is 4.79. The Morgan fingerprint density at radius 3 is 2.62 bits per heavy atom. The first-order valence-electron chi connectivity index (χ1n) is 4.67. The van der Waals surface area contributed by atoms with Crippen LogP contribution in [-0.2, 0) is 9.84 Å². The van der Waals surface area contributed by atoms with Crippen molar-refractivity contribution in [3.63, 3.8) is 0 Å². The Balaban J connectivity index is 2.99. The van der Waals surface area contributed by atoms with E-state index in [9.17, 15) is 13.5 Å². The second-order valence-electron chi connectivity index (χ2n) is 3.30. The van der Waals surface area contributed by atoms with Gasteiger partial charge in [-0.05, 0) is 17.7 Å². The van der Waals surface area contributed by atoms with Gasteiger partial charge in [0.2, 0.25) is 0 Å². The van der Waals surface area contributed by atoms with Gasteiger partial charge >= 0.3 is 0 Å². The third-order valence-electron chi connectivity index (χ3n) is 2.18. The number of benzene rings is 1. The Bertz CT molecular complexity index is 461. The molecule has 16 heavy (non-hydrogen) atoms. The predicted molar refractivity (Wildman–Crippen MR) is 68.6 cm³/mol. The van der Waals surface area contributed by atoms with Crippen molar-refractivity contribution < 1.29 is 13.5 Å². The van der Waals surface area contributed by atoms with Gasteiger partial charge in [-0.15, -0.1) is 0 Å². The van der Waals surface area contributed by atoms with E-state index < -0.39 is 20.1 Å². The highest BCUT2D eigenvalue weighted by molar-refractivity contribution is 9.11. The van der Waals surface area contributed by atoms with E-state index in [0.717, 1.165) is 0 Å². The van der Waals surface area contributed by atoms with Gasteiger partial charge < -0.3 is 5.11 Å². The van der Waals surface area contributed by atoms with Crippen molar-refractivity contribution in [3.8, 4) is 0 Å². The molecule has 0 saturated carbocycles. The van der Waals surface area contributed by atoms with E-state index in [4.69, 9.17) is 11.6 Å². The number of aliphatic hydroxyl groups is 1. The smallest absolute Gasteiger partial charge is 0.165 e. The van der Waals surface area contributed by atoms with Crippen LogP contribution in [0.25, 0.3) is 0 Å². The second kappa shape index (κ2) is 5.49. The summed E-state index contributed by atoms with van der Waals surface area (Å²) in [5, 5.41) is 10.4. The molecule has 1 rings (SSSR count). The van der Waals surface area contributed by atoms with Gasteiger partial charge in [-0.3, -0.25) is 0 Å². The third-order valence-corrected chi connectivity index (χ3v) is 6.38. The monoisotopic (exact) mass is 326 g/mol. The number of sulfone groups is 1. The standard InChI is InChI=1S/C10H12BrClO3S/c1-2-16(14,15)10(11)9(13)7-4-3-5-8(12)6-7/h3-6,9-10,13H,2H2,1H3/t9-,10-/m0/s1. The minimum atomic E-state index is -3.33. The number of aliphatic hydroxyl groups excluding tert-OH is 1. The predicted octanol–water partition coefficient (Wildman–Crippen LogP) is 2.53. The lowest BCUT2D eigenvalue weighted by Gasteiger charge is -2.17. The maximum absolute atomic E-state index is 11.6. The zero-order valence-electron chi connectivity index (χ0n) is 8.60. The Labute approximate surface area is 108 Å². The van der Waals surface area contributed by atoms with Gasteiger partial charge in [-0.1, -0.05) is 46.6 Å². The molecular formula is C10H12BrClO3S. The van der Waals surface area contributed by atoms with Crippen molar-refractivity contribution >= 4 is 37.4 Å². The van der Waals surface area contributed by atoms with Crippen molar-refractivity contribution in [2.75, 3.05) is 5.75 Å². The highest BCUT2D eigenvalue weighted by atomic mass is 79.9. The first-order chi connectivity index (χ1) is 7.38. The van der Waals surface area contributed by atoms with E-state index in [2.05, 4.69) is 15.9 Å². The molecule has 6 heteroatoms. The Morgan fingerprint density at radius 1 is 1.50 bits per heavy atom. The van der Waals surface area contributed by atoms with Crippen molar-refractivity contribution in [1.29, 1.82) is 0 Å². The lowest BCUT2D eigenvalue weighted by Crippen LogP contribution is -2.24. The van der Waals surface area contributed by atoms with E-state index in [1.54, 1.807) is 24.3 Å². The van der Waals surface area contributed by atoms with Crippen LogP contribution in [0.1, 0.15) is 18.6 Å². The fraction of sp³-hybridized carbons (Fsp3) is 0.400. The van der Waals surface area contributed by atoms with Gasteiger partial charge in [0, 0.05) is 10.8 Å². The molecule has 0 aliphatic carbocycles. The molecule has 0 heterocycles. The van der Waals surface area contributed by atoms with Crippen LogP contribution in [0.4, 0.5) is 0 Å². The largest absolute Gasteiger partial charge is 0.386 e. The summed E-state index contributed by atoms with van der Waals surface area (Å²) in [6.45, 7) is 1.54. The topological polar surface area (TPSA) is 54.4 Å². The second-order valence-corrected chi connectivity index (χ2v) is 7.74. The Morgan fingerprint density at radius 2 is 2.12 bits per heavy atom. The van der Waals surface area contributed by atoms with Crippen molar-refractivity contribution in [3.05, 3.63) is 34.9 Å². The molecule has 0 amide bonds. The van der Waals surface area contributed by atoms with E-state index in [-0.39, 0.29) is 5.75 Å². The van der Waals surface area contributed by atoms with Gasteiger partial charge in [-0.2, -0.15) is 0 Å². The lowest BCUT2D eigenvalue weighted by molar-refractivity contribution is 0.195. The summed E-state index contributed by atoms with van der Waals surface area (Å²) in [7, 11) is -3.33.